The number of carboxylic acids is 1. The standard InChI is InChI=1S/C20H26N2O4/c1-20(19(26)21-16-10-8-15(9-11-16)18(24)25)12-5-13-22(20)17(23)14-6-3-2-4-7-14/h2-4,6-7,15-16H,5,8-13H2,1H3,(H,21,26)(H,24,25). The van der Waals surface area contributed by atoms with E-state index in [1.165, 1.54) is 0 Å². The van der Waals surface area contributed by atoms with Crippen molar-refractivity contribution in [3.05, 3.63) is 35.9 Å². The molecule has 0 spiro atoms. The number of likely N-dealkylation sites (tertiary alicyclic amines) is 1. The monoisotopic (exact) mass is 358 g/mol. The molecule has 1 unspecified atom stereocenters. The lowest BCUT2D eigenvalue weighted by molar-refractivity contribution is -0.142. The van der Waals surface area contributed by atoms with Crippen molar-refractivity contribution in [3.63, 3.8) is 0 Å². The average Bonchev–Trinajstić information content (AvgIpc) is 3.05. The fourth-order valence-corrected chi connectivity index (χ4v) is 4.09. The van der Waals surface area contributed by atoms with Crippen molar-refractivity contribution in [2.75, 3.05) is 6.54 Å². The molecule has 1 atom stereocenters. The van der Waals surface area contributed by atoms with E-state index in [0.717, 1.165) is 6.42 Å². The summed E-state index contributed by atoms with van der Waals surface area (Å²) < 4.78 is 0. The van der Waals surface area contributed by atoms with Crippen LogP contribution in [0.15, 0.2) is 30.3 Å². The van der Waals surface area contributed by atoms with Crippen molar-refractivity contribution in [3.8, 4) is 0 Å². The smallest absolute Gasteiger partial charge is 0.306 e. The van der Waals surface area contributed by atoms with E-state index in [-0.39, 0.29) is 23.8 Å². The zero-order chi connectivity index (χ0) is 18.7. The van der Waals surface area contributed by atoms with Crippen LogP contribution in [-0.2, 0) is 9.59 Å². The van der Waals surface area contributed by atoms with Gasteiger partial charge in [0.05, 0.1) is 5.92 Å². The quantitative estimate of drug-likeness (QED) is 0.865. The first-order valence-corrected chi connectivity index (χ1v) is 9.32. The van der Waals surface area contributed by atoms with Crippen LogP contribution in [0.4, 0.5) is 0 Å². The van der Waals surface area contributed by atoms with Crippen molar-refractivity contribution in [2.45, 2.75) is 57.0 Å². The van der Waals surface area contributed by atoms with Crippen LogP contribution in [0, 0.1) is 5.92 Å². The lowest BCUT2D eigenvalue weighted by Gasteiger charge is -2.36. The number of carbonyl (C=O) groups is 3. The van der Waals surface area contributed by atoms with E-state index in [1.807, 2.05) is 25.1 Å². The number of rotatable bonds is 4. The maximum Gasteiger partial charge on any atom is 0.306 e. The molecule has 3 rings (SSSR count). The molecule has 1 aromatic carbocycles. The van der Waals surface area contributed by atoms with Crippen molar-refractivity contribution in [2.24, 2.45) is 5.92 Å². The van der Waals surface area contributed by atoms with Crippen LogP contribution >= 0.6 is 0 Å². The summed E-state index contributed by atoms with van der Waals surface area (Å²) >= 11 is 0. The maximum absolute atomic E-state index is 13.0. The summed E-state index contributed by atoms with van der Waals surface area (Å²) in [6.45, 7) is 2.41. The van der Waals surface area contributed by atoms with Gasteiger partial charge in [-0.05, 0) is 57.6 Å². The predicted molar refractivity (Wildman–Crippen MR) is 96.6 cm³/mol. The highest BCUT2D eigenvalue weighted by Crippen LogP contribution is 2.32. The van der Waals surface area contributed by atoms with Crippen LogP contribution in [0.3, 0.4) is 0 Å². The molecule has 0 aromatic heterocycles. The molecule has 0 bridgehead atoms. The minimum Gasteiger partial charge on any atom is -0.481 e. The third-order valence-corrected chi connectivity index (χ3v) is 5.81. The number of benzene rings is 1. The Bertz CT molecular complexity index is 682. The Hall–Kier alpha value is -2.37. The number of carbonyl (C=O) groups excluding carboxylic acids is 2. The topological polar surface area (TPSA) is 86.7 Å². The van der Waals surface area contributed by atoms with E-state index in [0.29, 0.717) is 44.2 Å². The lowest BCUT2D eigenvalue weighted by Crippen LogP contribution is -2.57. The maximum atomic E-state index is 13.0. The molecule has 1 aromatic rings. The number of nitrogens with zero attached hydrogens (tertiary/aromatic N) is 1. The Morgan fingerprint density at radius 3 is 2.38 bits per heavy atom. The molecule has 2 aliphatic rings. The van der Waals surface area contributed by atoms with Gasteiger partial charge in [0.25, 0.3) is 5.91 Å². The molecule has 2 fully saturated rings. The van der Waals surface area contributed by atoms with Crippen molar-refractivity contribution >= 4 is 17.8 Å². The minimum atomic E-state index is -0.851. The summed E-state index contributed by atoms with van der Waals surface area (Å²) in [7, 11) is 0. The zero-order valence-corrected chi connectivity index (χ0v) is 15.1. The van der Waals surface area contributed by atoms with Crippen molar-refractivity contribution in [1.29, 1.82) is 0 Å². The summed E-state index contributed by atoms with van der Waals surface area (Å²) in [4.78, 5) is 38.6. The average molecular weight is 358 g/mol. The fraction of sp³-hybridized carbons (Fsp3) is 0.550. The first-order chi connectivity index (χ1) is 12.4. The molecule has 1 aliphatic carbocycles. The first kappa shape index (κ1) is 18.4. The Morgan fingerprint density at radius 2 is 1.77 bits per heavy atom. The van der Waals surface area contributed by atoms with Crippen LogP contribution in [0.1, 0.15) is 55.8 Å². The van der Waals surface area contributed by atoms with Crippen LogP contribution in [-0.4, -0.2) is 45.9 Å². The highest BCUT2D eigenvalue weighted by Gasteiger charge is 2.46. The molecule has 0 radical (unpaired) electrons. The SMILES string of the molecule is CC1(C(=O)NC2CCC(C(=O)O)CC2)CCCN1C(=O)c1ccccc1. The molecule has 26 heavy (non-hydrogen) atoms. The Kier molecular flexibility index (Phi) is 5.30. The fourth-order valence-electron chi connectivity index (χ4n) is 4.09. The summed E-state index contributed by atoms with van der Waals surface area (Å²) in [5.41, 5.74) is -0.258. The highest BCUT2D eigenvalue weighted by atomic mass is 16.4. The number of aliphatic carboxylic acids is 1. The van der Waals surface area contributed by atoms with E-state index in [4.69, 9.17) is 5.11 Å². The van der Waals surface area contributed by atoms with E-state index in [9.17, 15) is 14.4 Å². The van der Waals surface area contributed by atoms with Gasteiger partial charge >= 0.3 is 5.97 Å². The number of hydrogen-bond donors (Lipinski definition) is 2. The van der Waals surface area contributed by atoms with Gasteiger partial charge in [-0.3, -0.25) is 14.4 Å². The van der Waals surface area contributed by atoms with E-state index in [2.05, 4.69) is 5.32 Å². The van der Waals surface area contributed by atoms with Crippen LogP contribution < -0.4 is 5.32 Å². The third-order valence-electron chi connectivity index (χ3n) is 5.81. The molecule has 6 heteroatoms. The molecule has 2 N–H and O–H groups in total. The largest absolute Gasteiger partial charge is 0.481 e. The van der Waals surface area contributed by atoms with Crippen LogP contribution in [0.2, 0.25) is 0 Å². The molecule has 1 aliphatic heterocycles. The second kappa shape index (κ2) is 7.48. The molecule has 1 saturated carbocycles. The van der Waals surface area contributed by atoms with E-state index < -0.39 is 11.5 Å². The Balaban J connectivity index is 1.66. The Morgan fingerprint density at radius 1 is 1.12 bits per heavy atom. The van der Waals surface area contributed by atoms with Crippen LogP contribution in [0.25, 0.3) is 0 Å². The van der Waals surface area contributed by atoms with Gasteiger partial charge in [-0.1, -0.05) is 18.2 Å². The molecule has 140 valence electrons. The summed E-state index contributed by atoms with van der Waals surface area (Å²) in [5.74, 6) is -1.30. The minimum absolute atomic E-state index is 0.01000. The molecular formula is C20H26N2O4. The molecule has 1 saturated heterocycles. The van der Waals surface area contributed by atoms with E-state index >= 15 is 0 Å². The van der Waals surface area contributed by atoms with E-state index in [1.54, 1.807) is 17.0 Å². The van der Waals surface area contributed by atoms with Crippen LogP contribution in [0.5, 0.6) is 0 Å². The number of carboxylic acid groups (broad SMARTS) is 1. The van der Waals surface area contributed by atoms with Gasteiger partial charge in [-0.15, -0.1) is 0 Å². The zero-order valence-electron chi connectivity index (χ0n) is 15.1. The number of amides is 2. The summed E-state index contributed by atoms with van der Waals surface area (Å²) in [6, 6.07) is 9.03. The number of hydrogen-bond acceptors (Lipinski definition) is 3. The van der Waals surface area contributed by atoms with Gasteiger partial charge in [-0.25, -0.2) is 0 Å². The van der Waals surface area contributed by atoms with Crippen molar-refractivity contribution < 1.29 is 19.5 Å². The second-order valence-corrected chi connectivity index (χ2v) is 7.56. The van der Waals surface area contributed by atoms with Gasteiger partial charge in [0.1, 0.15) is 5.54 Å². The van der Waals surface area contributed by atoms with Gasteiger partial charge in [0.15, 0.2) is 0 Å². The van der Waals surface area contributed by atoms with Gasteiger partial charge < -0.3 is 15.3 Å². The van der Waals surface area contributed by atoms with Gasteiger partial charge in [0.2, 0.25) is 5.91 Å². The molecule has 1 heterocycles. The first-order valence-electron chi connectivity index (χ1n) is 9.32. The molecule has 6 nitrogen and oxygen atoms in total. The van der Waals surface area contributed by atoms with Gasteiger partial charge in [0, 0.05) is 18.2 Å². The molecule has 2 amide bonds. The summed E-state index contributed by atoms with van der Waals surface area (Å²) in [5, 5.41) is 12.2. The third kappa shape index (κ3) is 3.59. The Labute approximate surface area is 153 Å². The number of nitrogens with one attached hydrogen (secondary N) is 1. The summed E-state index contributed by atoms with van der Waals surface area (Å²) in [6.07, 6.45) is 3.96. The molecular weight excluding hydrogens is 332 g/mol. The second-order valence-electron chi connectivity index (χ2n) is 7.56. The predicted octanol–water partition coefficient (Wildman–Crippen LogP) is 2.44. The highest BCUT2D eigenvalue weighted by molar-refractivity contribution is 5.99. The lowest BCUT2D eigenvalue weighted by atomic mass is 9.85. The van der Waals surface area contributed by atoms with Gasteiger partial charge in [-0.2, -0.15) is 0 Å². The normalized spacial score (nSPS) is 28.6. The van der Waals surface area contributed by atoms with Crippen molar-refractivity contribution in [1.82, 2.24) is 10.2 Å².